The molecule has 0 saturated carbocycles. The van der Waals surface area contributed by atoms with Gasteiger partial charge in [0, 0.05) is 24.3 Å². The fraction of sp³-hybridized carbons (Fsp3) is 0.500. The molecule has 2 aromatic rings. The van der Waals surface area contributed by atoms with Gasteiger partial charge in [-0.25, -0.2) is 13.8 Å². The molecule has 1 aromatic carbocycles. The van der Waals surface area contributed by atoms with Gasteiger partial charge in [-0.05, 0) is 57.2 Å². The Morgan fingerprint density at radius 1 is 1.30 bits per heavy atom. The zero-order valence-electron chi connectivity index (χ0n) is 13.5. The van der Waals surface area contributed by atoms with E-state index in [1.54, 1.807) is 6.33 Å². The first-order valence-electron chi connectivity index (χ1n) is 8.27. The van der Waals surface area contributed by atoms with E-state index in [9.17, 15) is 8.78 Å². The van der Waals surface area contributed by atoms with E-state index in [2.05, 4.69) is 14.9 Å². The van der Waals surface area contributed by atoms with Gasteiger partial charge in [0.25, 0.3) is 0 Å². The number of hydrogen-bond donors (Lipinski definition) is 1. The summed E-state index contributed by atoms with van der Waals surface area (Å²) in [5.74, 6) is -0.364. The number of nitrogens with zero attached hydrogens (tertiary/aromatic N) is 2. The number of piperidine rings is 1. The first-order chi connectivity index (χ1) is 11.1. The molecular weight excluding hydrogens is 296 g/mol. The highest BCUT2D eigenvalue weighted by Gasteiger charge is 2.21. The molecule has 1 N–H and O–H groups in total. The maximum absolute atomic E-state index is 13.7. The molecular formula is C18H23F2N3. The van der Waals surface area contributed by atoms with E-state index in [0.29, 0.717) is 12.3 Å². The summed E-state index contributed by atoms with van der Waals surface area (Å²) in [4.78, 5) is 9.86. The number of imidazole rings is 1. The van der Waals surface area contributed by atoms with Crippen LogP contribution >= 0.6 is 0 Å². The van der Waals surface area contributed by atoms with Crippen molar-refractivity contribution < 1.29 is 8.78 Å². The zero-order chi connectivity index (χ0) is 16.2. The normalized spacial score (nSPS) is 19.2. The monoisotopic (exact) mass is 319 g/mol. The minimum absolute atomic E-state index is 0.229. The van der Waals surface area contributed by atoms with Crippen LogP contribution in [-0.2, 0) is 13.0 Å². The van der Waals surface area contributed by atoms with Crippen LogP contribution in [0.5, 0.6) is 0 Å². The lowest BCUT2D eigenvalue weighted by Crippen LogP contribution is -2.35. The van der Waals surface area contributed by atoms with Crippen LogP contribution in [0.25, 0.3) is 0 Å². The lowest BCUT2D eigenvalue weighted by Gasteiger charge is -2.32. The molecule has 3 rings (SSSR count). The number of hydrogen-bond acceptors (Lipinski definition) is 2. The smallest absolute Gasteiger partial charge is 0.129 e. The lowest BCUT2D eigenvalue weighted by molar-refractivity contribution is 0.160. The highest BCUT2D eigenvalue weighted by Crippen LogP contribution is 2.24. The van der Waals surface area contributed by atoms with Crippen LogP contribution in [-0.4, -0.2) is 28.0 Å². The molecule has 0 unspecified atom stereocenters. The third-order valence-corrected chi connectivity index (χ3v) is 4.78. The topological polar surface area (TPSA) is 31.9 Å². The Kier molecular flexibility index (Phi) is 5.06. The zero-order valence-corrected chi connectivity index (χ0v) is 13.5. The number of aromatic nitrogens is 2. The van der Waals surface area contributed by atoms with Gasteiger partial charge in [-0.1, -0.05) is 6.07 Å². The van der Waals surface area contributed by atoms with Gasteiger partial charge in [-0.15, -0.1) is 0 Å². The first-order valence-corrected chi connectivity index (χ1v) is 8.27. The molecule has 1 saturated heterocycles. The van der Waals surface area contributed by atoms with Crippen molar-refractivity contribution in [1.29, 1.82) is 0 Å². The number of benzene rings is 1. The predicted octanol–water partition coefficient (Wildman–Crippen LogP) is 3.84. The number of halogens is 2. The fourth-order valence-corrected chi connectivity index (χ4v) is 3.41. The molecule has 1 fully saturated rings. The van der Waals surface area contributed by atoms with E-state index < -0.39 is 11.6 Å². The summed E-state index contributed by atoms with van der Waals surface area (Å²) in [6.07, 6.45) is 5.29. The van der Waals surface area contributed by atoms with Crippen molar-refractivity contribution in [3.63, 3.8) is 0 Å². The van der Waals surface area contributed by atoms with Crippen molar-refractivity contribution in [3.8, 4) is 0 Å². The molecule has 124 valence electrons. The number of H-pyrrole nitrogens is 1. The SMILES string of the molecule is Cc1[nH]cnc1CN1CCC[C@@H](CCc2c(F)cccc2F)C1. The molecule has 3 nitrogen and oxygen atoms in total. The Labute approximate surface area is 135 Å². The first kappa shape index (κ1) is 16.1. The molecule has 0 radical (unpaired) electrons. The Bertz CT molecular complexity index is 633. The van der Waals surface area contributed by atoms with Crippen LogP contribution in [0.15, 0.2) is 24.5 Å². The molecule has 1 aliphatic rings. The van der Waals surface area contributed by atoms with Crippen molar-refractivity contribution in [1.82, 2.24) is 14.9 Å². The summed E-state index contributed by atoms with van der Waals surface area (Å²) in [5, 5.41) is 0. The van der Waals surface area contributed by atoms with Gasteiger partial charge in [-0.3, -0.25) is 4.90 Å². The summed E-state index contributed by atoms with van der Waals surface area (Å²) in [6, 6.07) is 4.10. The maximum Gasteiger partial charge on any atom is 0.129 e. The summed E-state index contributed by atoms with van der Waals surface area (Å²) in [6.45, 7) is 4.92. The van der Waals surface area contributed by atoms with Gasteiger partial charge in [0.05, 0.1) is 12.0 Å². The van der Waals surface area contributed by atoms with E-state index in [1.165, 1.54) is 18.2 Å². The van der Waals surface area contributed by atoms with E-state index in [1.807, 2.05) is 6.92 Å². The number of aryl methyl sites for hydroxylation is 1. The third-order valence-electron chi connectivity index (χ3n) is 4.78. The van der Waals surface area contributed by atoms with Crippen LogP contribution in [0.1, 0.15) is 36.2 Å². The standard InChI is InChI=1S/C18H23F2N3/c1-13-18(22-12-21-13)11-23-9-3-4-14(10-23)7-8-15-16(19)5-2-6-17(15)20/h2,5-6,12,14H,3-4,7-11H2,1H3,(H,21,22)/t14-/m0/s1. The van der Waals surface area contributed by atoms with Crippen LogP contribution in [0, 0.1) is 24.5 Å². The molecule has 0 aliphatic carbocycles. The van der Waals surface area contributed by atoms with Crippen molar-refractivity contribution >= 4 is 0 Å². The second kappa shape index (κ2) is 7.21. The summed E-state index contributed by atoms with van der Waals surface area (Å²) >= 11 is 0. The van der Waals surface area contributed by atoms with E-state index >= 15 is 0 Å². The quantitative estimate of drug-likeness (QED) is 0.908. The summed E-state index contributed by atoms with van der Waals surface area (Å²) in [7, 11) is 0. The molecule has 1 aliphatic heterocycles. The van der Waals surface area contributed by atoms with Gasteiger partial charge in [0.15, 0.2) is 0 Å². The van der Waals surface area contributed by atoms with Crippen molar-refractivity contribution in [2.24, 2.45) is 5.92 Å². The minimum atomic E-state index is -0.426. The van der Waals surface area contributed by atoms with Crippen molar-refractivity contribution in [2.75, 3.05) is 13.1 Å². The number of aromatic amines is 1. The Morgan fingerprint density at radius 3 is 2.78 bits per heavy atom. The largest absolute Gasteiger partial charge is 0.348 e. The maximum atomic E-state index is 13.7. The van der Waals surface area contributed by atoms with E-state index in [4.69, 9.17) is 0 Å². The van der Waals surface area contributed by atoms with Gasteiger partial charge in [0.1, 0.15) is 11.6 Å². The summed E-state index contributed by atoms with van der Waals surface area (Å²) in [5.41, 5.74) is 2.43. The lowest BCUT2D eigenvalue weighted by atomic mass is 9.91. The fourth-order valence-electron chi connectivity index (χ4n) is 3.41. The third kappa shape index (κ3) is 3.96. The van der Waals surface area contributed by atoms with Crippen molar-refractivity contribution in [2.45, 2.75) is 39.2 Å². The highest BCUT2D eigenvalue weighted by atomic mass is 19.1. The number of rotatable bonds is 5. The van der Waals surface area contributed by atoms with E-state index in [0.717, 1.165) is 50.3 Å². The molecule has 0 bridgehead atoms. The molecule has 5 heteroatoms. The predicted molar refractivity (Wildman–Crippen MR) is 86.0 cm³/mol. The minimum Gasteiger partial charge on any atom is -0.348 e. The van der Waals surface area contributed by atoms with Crippen LogP contribution in [0.2, 0.25) is 0 Å². The van der Waals surface area contributed by atoms with Crippen molar-refractivity contribution in [3.05, 3.63) is 53.1 Å². The molecule has 0 amide bonds. The van der Waals surface area contributed by atoms with Gasteiger partial charge < -0.3 is 4.98 Å². The molecule has 0 spiro atoms. The molecule has 1 atom stereocenters. The Balaban J connectivity index is 1.56. The number of likely N-dealkylation sites (tertiary alicyclic amines) is 1. The number of nitrogens with one attached hydrogen (secondary N) is 1. The van der Waals surface area contributed by atoms with Gasteiger partial charge in [0.2, 0.25) is 0 Å². The van der Waals surface area contributed by atoms with Gasteiger partial charge in [-0.2, -0.15) is 0 Å². The van der Waals surface area contributed by atoms with Crippen LogP contribution < -0.4 is 0 Å². The Hall–Kier alpha value is -1.75. The summed E-state index contributed by atoms with van der Waals surface area (Å²) < 4.78 is 27.4. The van der Waals surface area contributed by atoms with E-state index in [-0.39, 0.29) is 5.56 Å². The highest BCUT2D eigenvalue weighted by molar-refractivity contribution is 5.19. The average Bonchev–Trinajstić information content (AvgIpc) is 2.92. The molecule has 23 heavy (non-hydrogen) atoms. The second-order valence-electron chi connectivity index (χ2n) is 6.46. The van der Waals surface area contributed by atoms with Gasteiger partial charge >= 0.3 is 0 Å². The second-order valence-corrected chi connectivity index (χ2v) is 6.46. The molecule has 1 aromatic heterocycles. The van der Waals surface area contributed by atoms with Crippen LogP contribution in [0.3, 0.4) is 0 Å². The molecule has 2 heterocycles. The van der Waals surface area contributed by atoms with Crippen LogP contribution in [0.4, 0.5) is 8.78 Å². The average molecular weight is 319 g/mol. The Morgan fingerprint density at radius 2 is 2.09 bits per heavy atom.